The van der Waals surface area contributed by atoms with E-state index in [9.17, 15) is 19.7 Å². The Hall–Kier alpha value is -3.42. The fourth-order valence-corrected chi connectivity index (χ4v) is 2.89. The summed E-state index contributed by atoms with van der Waals surface area (Å²) in [5.74, 6) is -0.864. The van der Waals surface area contributed by atoms with Crippen LogP contribution in [0.4, 0.5) is 11.4 Å². The van der Waals surface area contributed by atoms with Crippen molar-refractivity contribution in [3.63, 3.8) is 0 Å². The predicted octanol–water partition coefficient (Wildman–Crippen LogP) is 3.09. The molecule has 0 N–H and O–H groups in total. The van der Waals surface area contributed by atoms with Crippen LogP contribution in [0.1, 0.15) is 19.4 Å². The van der Waals surface area contributed by atoms with Gasteiger partial charge in [0.05, 0.1) is 10.6 Å². The topological polar surface area (TPSA) is 99.0 Å². The molecule has 1 aliphatic rings. The fraction of sp³-hybridized carbons (Fsp3) is 0.300. The highest BCUT2D eigenvalue weighted by Gasteiger charge is 2.38. The third kappa shape index (κ3) is 4.11. The lowest BCUT2D eigenvalue weighted by atomic mass is 10.0. The van der Waals surface area contributed by atoms with Gasteiger partial charge in [0.1, 0.15) is 18.9 Å². The molecule has 2 aromatic carbocycles. The molecule has 1 heterocycles. The van der Waals surface area contributed by atoms with E-state index in [2.05, 4.69) is 0 Å². The molecule has 8 nitrogen and oxygen atoms in total. The largest absolute Gasteiger partial charge is 0.478 e. The molecule has 2 aromatic rings. The lowest BCUT2D eigenvalue weighted by Crippen LogP contribution is -2.50. The standard InChI is InChI=1S/C20H20N2O6/c1-13(2)19-20(24)21(11-18(23)27-12-14-6-4-3-5-7-14)16-10-15(22(25)26)8-9-17(16)28-19/h3-10,13,19H,11-12H2,1-2H3. The second-order valence-corrected chi connectivity index (χ2v) is 6.76. The quantitative estimate of drug-likeness (QED) is 0.431. The summed E-state index contributed by atoms with van der Waals surface area (Å²) in [7, 11) is 0. The maximum atomic E-state index is 12.8. The van der Waals surface area contributed by atoms with E-state index in [1.165, 1.54) is 23.1 Å². The van der Waals surface area contributed by atoms with Crippen molar-refractivity contribution < 1.29 is 24.0 Å². The van der Waals surface area contributed by atoms with E-state index >= 15 is 0 Å². The van der Waals surface area contributed by atoms with E-state index in [4.69, 9.17) is 9.47 Å². The van der Waals surface area contributed by atoms with Gasteiger partial charge in [0.2, 0.25) is 0 Å². The van der Waals surface area contributed by atoms with Gasteiger partial charge in [-0.15, -0.1) is 0 Å². The number of nitrogens with zero attached hydrogens (tertiary/aromatic N) is 2. The Labute approximate surface area is 161 Å². The van der Waals surface area contributed by atoms with Gasteiger partial charge in [0, 0.05) is 12.1 Å². The van der Waals surface area contributed by atoms with Crippen LogP contribution in [0.3, 0.4) is 0 Å². The van der Waals surface area contributed by atoms with Gasteiger partial charge in [0.15, 0.2) is 6.10 Å². The summed E-state index contributed by atoms with van der Waals surface area (Å²) < 4.78 is 11.0. The van der Waals surface area contributed by atoms with Crippen LogP contribution in [-0.2, 0) is 20.9 Å². The van der Waals surface area contributed by atoms with Crippen LogP contribution in [-0.4, -0.2) is 29.4 Å². The predicted molar refractivity (Wildman–Crippen MR) is 101 cm³/mol. The molecule has 1 amide bonds. The SMILES string of the molecule is CC(C)C1Oc2ccc([N+](=O)[O-])cc2N(CC(=O)OCc2ccccc2)C1=O. The van der Waals surface area contributed by atoms with Gasteiger partial charge in [-0.3, -0.25) is 24.6 Å². The molecule has 0 bridgehead atoms. The number of hydrogen-bond donors (Lipinski definition) is 0. The molecule has 0 radical (unpaired) electrons. The summed E-state index contributed by atoms with van der Waals surface area (Å²) in [4.78, 5) is 36.9. The van der Waals surface area contributed by atoms with Gasteiger partial charge in [-0.1, -0.05) is 44.2 Å². The van der Waals surface area contributed by atoms with Crippen LogP contribution in [0.5, 0.6) is 5.75 Å². The van der Waals surface area contributed by atoms with Crippen LogP contribution in [0.25, 0.3) is 0 Å². The maximum absolute atomic E-state index is 12.8. The van der Waals surface area contributed by atoms with Crippen LogP contribution in [0, 0.1) is 16.0 Å². The lowest BCUT2D eigenvalue weighted by Gasteiger charge is -2.35. The Kier molecular flexibility index (Phi) is 5.58. The Balaban J connectivity index is 1.82. The highest BCUT2D eigenvalue weighted by molar-refractivity contribution is 6.03. The van der Waals surface area contributed by atoms with Crippen molar-refractivity contribution >= 4 is 23.3 Å². The highest BCUT2D eigenvalue weighted by Crippen LogP contribution is 2.38. The summed E-state index contributed by atoms with van der Waals surface area (Å²) in [6, 6.07) is 13.1. The van der Waals surface area contributed by atoms with Crippen LogP contribution in [0.2, 0.25) is 0 Å². The maximum Gasteiger partial charge on any atom is 0.326 e. The number of benzene rings is 2. The summed E-state index contributed by atoms with van der Waals surface area (Å²) >= 11 is 0. The number of rotatable bonds is 6. The van der Waals surface area contributed by atoms with Crippen LogP contribution in [0.15, 0.2) is 48.5 Å². The molecule has 146 valence electrons. The molecule has 0 saturated carbocycles. The van der Waals surface area contributed by atoms with Gasteiger partial charge < -0.3 is 9.47 Å². The van der Waals surface area contributed by atoms with Crippen molar-refractivity contribution in [2.75, 3.05) is 11.4 Å². The Morgan fingerprint density at radius 1 is 1.25 bits per heavy atom. The molecule has 3 rings (SSSR count). The van der Waals surface area contributed by atoms with E-state index in [0.717, 1.165) is 5.56 Å². The third-order valence-corrected chi connectivity index (χ3v) is 4.34. The number of hydrogen-bond acceptors (Lipinski definition) is 6. The minimum Gasteiger partial charge on any atom is -0.478 e. The van der Waals surface area contributed by atoms with Crippen molar-refractivity contribution in [3.8, 4) is 5.75 Å². The molecule has 8 heteroatoms. The van der Waals surface area contributed by atoms with Gasteiger partial charge >= 0.3 is 5.97 Å². The second-order valence-electron chi connectivity index (χ2n) is 6.76. The van der Waals surface area contributed by atoms with E-state index in [0.29, 0.717) is 5.75 Å². The van der Waals surface area contributed by atoms with Crippen molar-refractivity contribution in [2.45, 2.75) is 26.6 Å². The molecule has 1 atom stereocenters. The van der Waals surface area contributed by atoms with Crippen LogP contribution < -0.4 is 9.64 Å². The minimum atomic E-state index is -0.782. The van der Waals surface area contributed by atoms with E-state index in [-0.39, 0.29) is 30.4 Å². The average molecular weight is 384 g/mol. The Bertz CT molecular complexity index is 897. The third-order valence-electron chi connectivity index (χ3n) is 4.34. The summed E-state index contributed by atoms with van der Waals surface area (Å²) in [6.07, 6.45) is -0.782. The first-order chi connectivity index (χ1) is 13.4. The number of ether oxygens (including phenoxy) is 2. The summed E-state index contributed by atoms with van der Waals surface area (Å²) in [5.41, 5.74) is 0.814. The molecule has 28 heavy (non-hydrogen) atoms. The number of carbonyl (C=O) groups is 2. The zero-order valence-electron chi connectivity index (χ0n) is 15.5. The number of nitro groups is 1. The monoisotopic (exact) mass is 384 g/mol. The van der Waals surface area contributed by atoms with Gasteiger partial charge in [-0.2, -0.15) is 0 Å². The molecule has 0 aliphatic carbocycles. The van der Waals surface area contributed by atoms with Crippen molar-refractivity contribution in [3.05, 3.63) is 64.2 Å². The molecular formula is C20H20N2O6. The van der Waals surface area contributed by atoms with Gasteiger partial charge in [-0.05, 0) is 17.5 Å². The van der Waals surface area contributed by atoms with Crippen molar-refractivity contribution in [2.24, 2.45) is 5.92 Å². The highest BCUT2D eigenvalue weighted by atomic mass is 16.6. The number of carbonyl (C=O) groups excluding carboxylic acids is 2. The Morgan fingerprint density at radius 2 is 1.96 bits per heavy atom. The lowest BCUT2D eigenvalue weighted by molar-refractivity contribution is -0.384. The van der Waals surface area contributed by atoms with Gasteiger partial charge in [-0.25, -0.2) is 0 Å². The molecule has 0 spiro atoms. The number of anilines is 1. The van der Waals surface area contributed by atoms with Crippen LogP contribution >= 0.6 is 0 Å². The molecule has 0 aromatic heterocycles. The van der Waals surface area contributed by atoms with E-state index in [1.807, 2.05) is 44.2 Å². The number of esters is 1. The molecule has 0 saturated heterocycles. The second kappa shape index (κ2) is 8.08. The van der Waals surface area contributed by atoms with E-state index in [1.54, 1.807) is 0 Å². The first kappa shape index (κ1) is 19.3. The van der Waals surface area contributed by atoms with Crippen molar-refractivity contribution in [1.82, 2.24) is 0 Å². The smallest absolute Gasteiger partial charge is 0.326 e. The van der Waals surface area contributed by atoms with Gasteiger partial charge in [0.25, 0.3) is 11.6 Å². The number of fused-ring (bicyclic) bond motifs is 1. The number of nitro benzene ring substituents is 1. The fourth-order valence-electron chi connectivity index (χ4n) is 2.89. The number of non-ortho nitro benzene ring substituents is 1. The zero-order valence-corrected chi connectivity index (χ0v) is 15.5. The Morgan fingerprint density at radius 3 is 2.61 bits per heavy atom. The normalized spacial score (nSPS) is 15.8. The molecule has 1 aliphatic heterocycles. The molecular weight excluding hydrogens is 364 g/mol. The summed E-state index contributed by atoms with van der Waals surface area (Å²) in [6.45, 7) is 3.37. The molecule has 1 unspecified atom stereocenters. The molecule has 0 fully saturated rings. The van der Waals surface area contributed by atoms with Crippen molar-refractivity contribution in [1.29, 1.82) is 0 Å². The summed E-state index contributed by atoms with van der Waals surface area (Å²) in [5, 5.41) is 11.1. The first-order valence-electron chi connectivity index (χ1n) is 8.83. The average Bonchev–Trinajstić information content (AvgIpc) is 2.68. The minimum absolute atomic E-state index is 0.0770. The van der Waals surface area contributed by atoms with E-state index < -0.39 is 22.9 Å². The first-order valence-corrected chi connectivity index (χ1v) is 8.83. The number of amides is 1. The zero-order chi connectivity index (χ0) is 20.3.